The van der Waals surface area contributed by atoms with Gasteiger partial charge < -0.3 is 4.74 Å². The molecule has 2 aromatic carbocycles. The quantitative estimate of drug-likeness (QED) is 0.558. The number of halogens is 2. The summed E-state index contributed by atoms with van der Waals surface area (Å²) in [5, 5.41) is 0. The van der Waals surface area contributed by atoms with Crippen LogP contribution in [0.1, 0.15) is 11.1 Å². The van der Waals surface area contributed by atoms with Crippen molar-refractivity contribution in [2.45, 2.75) is 18.9 Å². The molecule has 0 aliphatic heterocycles. The number of methoxy groups -OCH3 is 1. The number of hydrazine groups is 1. The number of ether oxygens (including phenoxy) is 1. The summed E-state index contributed by atoms with van der Waals surface area (Å²) in [6.07, 6.45) is 1.66. The fraction of sp³-hybridized carbons (Fsp3) is 0.250. The normalized spacial score (nSPS) is 12.2. The molecule has 0 radical (unpaired) electrons. The van der Waals surface area contributed by atoms with Crippen LogP contribution in [0.15, 0.2) is 51.4 Å². The lowest BCUT2D eigenvalue weighted by atomic mass is 9.99. The molecule has 0 bridgehead atoms. The van der Waals surface area contributed by atoms with Crippen molar-refractivity contribution in [1.29, 1.82) is 0 Å². The Hall–Kier alpha value is -0.880. The smallest absolute Gasteiger partial charge is 0.119 e. The molecular formula is C16H18Br2N2O. The summed E-state index contributed by atoms with van der Waals surface area (Å²) in [6, 6.07) is 14.3. The van der Waals surface area contributed by atoms with Gasteiger partial charge in [-0.3, -0.25) is 11.3 Å². The highest BCUT2D eigenvalue weighted by Gasteiger charge is 2.13. The van der Waals surface area contributed by atoms with Gasteiger partial charge in [-0.25, -0.2) is 0 Å². The summed E-state index contributed by atoms with van der Waals surface area (Å²) in [4.78, 5) is 0. The molecule has 3 N–H and O–H groups in total. The zero-order valence-electron chi connectivity index (χ0n) is 11.8. The minimum Gasteiger partial charge on any atom is -0.497 e. The van der Waals surface area contributed by atoms with Crippen molar-refractivity contribution in [3.63, 3.8) is 0 Å². The molecule has 0 amide bonds. The van der Waals surface area contributed by atoms with Crippen LogP contribution < -0.4 is 16.0 Å². The van der Waals surface area contributed by atoms with Gasteiger partial charge in [-0.15, -0.1) is 0 Å². The SMILES string of the molecule is COc1ccc(Br)c(CC(Cc2ccccc2Br)NN)c1. The van der Waals surface area contributed by atoms with Crippen molar-refractivity contribution < 1.29 is 4.74 Å². The summed E-state index contributed by atoms with van der Waals surface area (Å²) >= 11 is 7.16. The average molecular weight is 414 g/mol. The van der Waals surface area contributed by atoms with E-state index in [1.54, 1.807) is 7.11 Å². The Morgan fingerprint density at radius 1 is 1.05 bits per heavy atom. The zero-order chi connectivity index (χ0) is 15.2. The first-order chi connectivity index (χ1) is 10.1. The van der Waals surface area contributed by atoms with Crippen molar-refractivity contribution in [3.8, 4) is 5.75 Å². The monoisotopic (exact) mass is 412 g/mol. The molecule has 0 heterocycles. The summed E-state index contributed by atoms with van der Waals surface area (Å²) < 4.78 is 7.45. The molecule has 112 valence electrons. The third kappa shape index (κ3) is 4.54. The van der Waals surface area contributed by atoms with Gasteiger partial charge in [0.25, 0.3) is 0 Å². The van der Waals surface area contributed by atoms with E-state index in [1.165, 1.54) is 11.1 Å². The number of rotatable bonds is 6. The molecule has 0 aromatic heterocycles. The van der Waals surface area contributed by atoms with Gasteiger partial charge in [0, 0.05) is 15.0 Å². The summed E-state index contributed by atoms with van der Waals surface area (Å²) in [5.41, 5.74) is 5.31. The Kier molecular flexibility index (Phi) is 6.23. The van der Waals surface area contributed by atoms with E-state index in [2.05, 4.69) is 43.4 Å². The van der Waals surface area contributed by atoms with Crippen LogP contribution in [0.4, 0.5) is 0 Å². The van der Waals surface area contributed by atoms with Crippen molar-refractivity contribution in [2.24, 2.45) is 5.84 Å². The number of nitrogens with two attached hydrogens (primary N) is 1. The lowest BCUT2D eigenvalue weighted by Gasteiger charge is -2.18. The number of benzene rings is 2. The zero-order valence-corrected chi connectivity index (χ0v) is 14.9. The van der Waals surface area contributed by atoms with Gasteiger partial charge in [-0.05, 0) is 48.2 Å². The Morgan fingerprint density at radius 2 is 1.71 bits per heavy atom. The predicted molar refractivity (Wildman–Crippen MR) is 93.4 cm³/mol. The van der Waals surface area contributed by atoms with Crippen LogP contribution in [0.5, 0.6) is 5.75 Å². The molecule has 0 saturated heterocycles. The third-order valence-corrected chi connectivity index (χ3v) is 4.93. The Labute approximate surface area is 142 Å². The Bertz CT molecular complexity index is 605. The molecule has 3 nitrogen and oxygen atoms in total. The number of hydrogen-bond donors (Lipinski definition) is 2. The second kappa shape index (κ2) is 7.94. The van der Waals surface area contributed by atoms with E-state index >= 15 is 0 Å². The van der Waals surface area contributed by atoms with Crippen LogP contribution >= 0.6 is 31.9 Å². The van der Waals surface area contributed by atoms with E-state index < -0.39 is 0 Å². The molecule has 0 aliphatic rings. The minimum atomic E-state index is 0.145. The summed E-state index contributed by atoms with van der Waals surface area (Å²) in [6.45, 7) is 0. The van der Waals surface area contributed by atoms with Crippen molar-refractivity contribution in [2.75, 3.05) is 7.11 Å². The van der Waals surface area contributed by atoms with Crippen molar-refractivity contribution in [1.82, 2.24) is 5.43 Å². The Balaban J connectivity index is 2.14. The van der Waals surface area contributed by atoms with Gasteiger partial charge in [0.15, 0.2) is 0 Å². The van der Waals surface area contributed by atoms with Gasteiger partial charge in [0.2, 0.25) is 0 Å². The fourth-order valence-corrected chi connectivity index (χ4v) is 3.07. The van der Waals surface area contributed by atoms with E-state index in [0.717, 1.165) is 27.5 Å². The van der Waals surface area contributed by atoms with Crippen molar-refractivity contribution in [3.05, 3.63) is 62.5 Å². The molecule has 0 spiro atoms. The van der Waals surface area contributed by atoms with E-state index in [9.17, 15) is 0 Å². The average Bonchev–Trinajstić information content (AvgIpc) is 2.50. The number of nitrogens with one attached hydrogen (secondary N) is 1. The molecule has 0 fully saturated rings. The highest BCUT2D eigenvalue weighted by atomic mass is 79.9. The second-order valence-electron chi connectivity index (χ2n) is 4.82. The fourth-order valence-electron chi connectivity index (χ4n) is 2.22. The molecule has 0 aliphatic carbocycles. The minimum absolute atomic E-state index is 0.145. The molecule has 1 unspecified atom stereocenters. The molecule has 21 heavy (non-hydrogen) atoms. The first-order valence-corrected chi connectivity index (χ1v) is 8.24. The molecule has 1 atom stereocenters. The first kappa shape index (κ1) is 16.5. The van der Waals surface area contributed by atoms with Gasteiger partial charge in [0.05, 0.1) is 7.11 Å². The highest BCUT2D eigenvalue weighted by molar-refractivity contribution is 9.10. The third-order valence-electron chi connectivity index (χ3n) is 3.38. The largest absolute Gasteiger partial charge is 0.497 e. The molecular weight excluding hydrogens is 396 g/mol. The highest BCUT2D eigenvalue weighted by Crippen LogP contribution is 2.25. The lowest BCUT2D eigenvalue weighted by molar-refractivity contribution is 0.413. The molecule has 2 aromatic rings. The van der Waals surface area contributed by atoms with Gasteiger partial charge in [-0.1, -0.05) is 50.1 Å². The van der Waals surface area contributed by atoms with E-state index in [4.69, 9.17) is 10.6 Å². The van der Waals surface area contributed by atoms with Gasteiger partial charge in [-0.2, -0.15) is 0 Å². The standard InChI is InChI=1S/C16H18Br2N2O/c1-21-14-6-7-16(18)12(10-14)9-13(20-19)8-11-4-2-3-5-15(11)17/h2-7,10,13,20H,8-9,19H2,1H3. The molecule has 5 heteroatoms. The maximum atomic E-state index is 5.73. The van der Waals surface area contributed by atoms with Crippen LogP contribution in [0.3, 0.4) is 0 Å². The van der Waals surface area contributed by atoms with Crippen LogP contribution in [-0.4, -0.2) is 13.2 Å². The summed E-state index contributed by atoms with van der Waals surface area (Å²) in [7, 11) is 1.67. The summed E-state index contributed by atoms with van der Waals surface area (Å²) in [5.74, 6) is 6.58. The van der Waals surface area contributed by atoms with Crippen LogP contribution in [-0.2, 0) is 12.8 Å². The van der Waals surface area contributed by atoms with Crippen LogP contribution in [0.25, 0.3) is 0 Å². The first-order valence-electron chi connectivity index (χ1n) is 6.66. The lowest BCUT2D eigenvalue weighted by Crippen LogP contribution is -2.38. The van der Waals surface area contributed by atoms with Crippen LogP contribution in [0, 0.1) is 0 Å². The van der Waals surface area contributed by atoms with Gasteiger partial charge in [0.1, 0.15) is 5.75 Å². The molecule has 2 rings (SSSR count). The maximum absolute atomic E-state index is 5.73. The van der Waals surface area contributed by atoms with E-state index in [-0.39, 0.29) is 6.04 Å². The Morgan fingerprint density at radius 3 is 2.38 bits per heavy atom. The topological polar surface area (TPSA) is 47.3 Å². The van der Waals surface area contributed by atoms with Crippen molar-refractivity contribution >= 4 is 31.9 Å². The predicted octanol–water partition coefficient (Wildman–Crippen LogP) is 3.84. The number of hydrogen-bond acceptors (Lipinski definition) is 3. The molecule has 0 saturated carbocycles. The van der Waals surface area contributed by atoms with Gasteiger partial charge >= 0.3 is 0 Å². The maximum Gasteiger partial charge on any atom is 0.119 e. The van der Waals surface area contributed by atoms with Crippen LogP contribution in [0.2, 0.25) is 0 Å². The van der Waals surface area contributed by atoms with E-state index in [0.29, 0.717) is 0 Å². The van der Waals surface area contributed by atoms with E-state index in [1.807, 2.05) is 36.4 Å². The second-order valence-corrected chi connectivity index (χ2v) is 6.53.